The maximum atomic E-state index is 5.73. The Bertz CT molecular complexity index is 748. The van der Waals surface area contributed by atoms with Gasteiger partial charge in [-0.1, -0.05) is 6.92 Å². The molecule has 26 heavy (non-hydrogen) atoms. The number of hydrogen-bond donors (Lipinski definition) is 2. The second kappa shape index (κ2) is 9.28. The van der Waals surface area contributed by atoms with E-state index in [0.29, 0.717) is 13.2 Å². The van der Waals surface area contributed by atoms with Gasteiger partial charge in [0.2, 0.25) is 6.79 Å². The smallest absolute Gasteiger partial charge is 0.231 e. The zero-order valence-electron chi connectivity index (χ0n) is 15.1. The van der Waals surface area contributed by atoms with Crippen molar-refractivity contribution < 1.29 is 14.2 Å². The summed E-state index contributed by atoms with van der Waals surface area (Å²) < 4.78 is 16.3. The van der Waals surface area contributed by atoms with Crippen LogP contribution in [-0.4, -0.2) is 44.5 Å². The molecule has 0 amide bonds. The molecule has 0 atom stereocenters. The molecule has 2 aromatic rings. The quantitative estimate of drug-likeness (QED) is 0.418. The van der Waals surface area contributed by atoms with Crippen molar-refractivity contribution in [2.45, 2.75) is 19.8 Å². The molecule has 1 aliphatic rings. The predicted octanol–water partition coefficient (Wildman–Crippen LogP) is 2.22. The molecule has 0 fully saturated rings. The Morgan fingerprint density at radius 3 is 2.92 bits per heavy atom. The van der Waals surface area contributed by atoms with Crippen molar-refractivity contribution in [1.29, 1.82) is 0 Å². The number of guanidine groups is 1. The number of fused-ring (bicyclic) bond motifs is 1. The number of aromatic nitrogens is 1. The Hall–Kier alpha value is -2.48. The fraction of sp³-hybridized carbons (Fsp3) is 0.444. The molecule has 1 aromatic heterocycles. The third-order valence-corrected chi connectivity index (χ3v) is 5.01. The van der Waals surface area contributed by atoms with Crippen molar-refractivity contribution >= 4 is 17.3 Å². The summed E-state index contributed by atoms with van der Waals surface area (Å²) in [6, 6.07) is 5.57. The monoisotopic (exact) mass is 376 g/mol. The highest BCUT2D eigenvalue weighted by atomic mass is 32.1. The zero-order chi connectivity index (χ0) is 18.2. The molecule has 3 rings (SSSR count). The highest BCUT2D eigenvalue weighted by molar-refractivity contribution is 7.11. The van der Waals surface area contributed by atoms with E-state index < -0.39 is 0 Å². The summed E-state index contributed by atoms with van der Waals surface area (Å²) in [5.74, 6) is 2.99. The first-order valence-electron chi connectivity index (χ1n) is 8.69. The summed E-state index contributed by atoms with van der Waals surface area (Å²) in [6.45, 7) is 4.37. The Balaban J connectivity index is 1.33. The summed E-state index contributed by atoms with van der Waals surface area (Å²) in [6.07, 6.45) is 3.89. The second-order valence-corrected chi connectivity index (χ2v) is 6.81. The number of nitrogens with one attached hydrogen (secondary N) is 2. The van der Waals surface area contributed by atoms with Gasteiger partial charge in [0.25, 0.3) is 0 Å². The lowest BCUT2D eigenvalue weighted by Gasteiger charge is -2.12. The number of hydrogen-bond acceptors (Lipinski definition) is 6. The van der Waals surface area contributed by atoms with Gasteiger partial charge in [-0.05, 0) is 18.6 Å². The summed E-state index contributed by atoms with van der Waals surface area (Å²) in [7, 11) is 1.76. The van der Waals surface area contributed by atoms with Crippen molar-refractivity contribution in [2.75, 3.05) is 33.5 Å². The van der Waals surface area contributed by atoms with Crippen LogP contribution >= 0.6 is 11.3 Å². The van der Waals surface area contributed by atoms with Crippen LogP contribution in [0.5, 0.6) is 17.2 Å². The number of rotatable bonds is 8. The molecule has 0 aliphatic carbocycles. The van der Waals surface area contributed by atoms with E-state index >= 15 is 0 Å². The minimum absolute atomic E-state index is 0.267. The maximum absolute atomic E-state index is 5.73. The molecule has 0 saturated carbocycles. The van der Waals surface area contributed by atoms with E-state index in [1.54, 1.807) is 18.4 Å². The van der Waals surface area contributed by atoms with Gasteiger partial charge in [0.15, 0.2) is 17.5 Å². The molecule has 0 unspecified atom stereocenters. The van der Waals surface area contributed by atoms with Crippen LogP contribution in [0, 0.1) is 0 Å². The number of thiazole rings is 1. The second-order valence-electron chi connectivity index (χ2n) is 5.61. The predicted molar refractivity (Wildman–Crippen MR) is 103 cm³/mol. The van der Waals surface area contributed by atoms with E-state index in [1.807, 2.05) is 24.4 Å². The fourth-order valence-corrected chi connectivity index (χ4v) is 3.30. The number of ether oxygens (including phenoxy) is 3. The molecular formula is C18H24N4O3S. The topological polar surface area (TPSA) is 77.0 Å². The molecule has 8 heteroatoms. The molecule has 1 aromatic carbocycles. The van der Waals surface area contributed by atoms with E-state index in [9.17, 15) is 0 Å². The highest BCUT2D eigenvalue weighted by Gasteiger charge is 2.13. The Labute approximate surface area is 157 Å². The standard InChI is InChI=1S/C18H24N4O3S/c1-3-14-11-22-17(26-14)6-7-20-18(19-2)21-8-9-23-13-4-5-15-16(10-13)25-12-24-15/h4-5,10-11H,3,6-9,12H2,1-2H3,(H2,19,20,21). The van der Waals surface area contributed by atoms with Crippen LogP contribution < -0.4 is 24.8 Å². The average molecular weight is 376 g/mol. The SMILES string of the molecule is CCc1cnc(CCNC(=NC)NCCOc2ccc3c(c2)OCO3)s1. The maximum Gasteiger partial charge on any atom is 0.231 e. The molecule has 2 N–H and O–H groups in total. The van der Waals surface area contributed by atoms with Gasteiger partial charge in [0.05, 0.1) is 11.6 Å². The lowest BCUT2D eigenvalue weighted by Crippen LogP contribution is -2.40. The summed E-state index contributed by atoms with van der Waals surface area (Å²) in [4.78, 5) is 9.96. The normalized spacial score (nSPS) is 12.9. The Kier molecular flexibility index (Phi) is 6.54. The minimum Gasteiger partial charge on any atom is -0.492 e. The van der Waals surface area contributed by atoms with Crippen molar-refractivity contribution in [1.82, 2.24) is 15.6 Å². The van der Waals surface area contributed by atoms with Crippen LogP contribution in [0.1, 0.15) is 16.8 Å². The van der Waals surface area contributed by atoms with Crippen LogP contribution in [0.3, 0.4) is 0 Å². The molecule has 0 saturated heterocycles. The third-order valence-electron chi connectivity index (χ3n) is 3.81. The van der Waals surface area contributed by atoms with Gasteiger partial charge in [-0.25, -0.2) is 4.98 Å². The molecule has 1 aliphatic heterocycles. The summed E-state index contributed by atoms with van der Waals surface area (Å²) in [5, 5.41) is 7.68. The zero-order valence-corrected chi connectivity index (χ0v) is 15.9. The number of nitrogens with zero attached hydrogens (tertiary/aromatic N) is 2. The van der Waals surface area contributed by atoms with Crippen molar-refractivity contribution in [3.63, 3.8) is 0 Å². The third kappa shape index (κ3) is 5.01. The van der Waals surface area contributed by atoms with Gasteiger partial charge < -0.3 is 24.8 Å². The Morgan fingerprint density at radius 1 is 1.27 bits per heavy atom. The van der Waals surface area contributed by atoms with E-state index in [-0.39, 0.29) is 6.79 Å². The van der Waals surface area contributed by atoms with Crippen LogP contribution in [0.25, 0.3) is 0 Å². The van der Waals surface area contributed by atoms with E-state index in [1.165, 1.54) is 4.88 Å². The lowest BCUT2D eigenvalue weighted by molar-refractivity contribution is 0.173. The van der Waals surface area contributed by atoms with E-state index in [2.05, 4.69) is 27.5 Å². The molecule has 0 spiro atoms. The largest absolute Gasteiger partial charge is 0.492 e. The number of aliphatic imine (C=N–C) groups is 1. The van der Waals surface area contributed by atoms with Gasteiger partial charge in [0, 0.05) is 37.2 Å². The number of aryl methyl sites for hydroxylation is 1. The van der Waals surface area contributed by atoms with Gasteiger partial charge in [-0.3, -0.25) is 4.99 Å². The Morgan fingerprint density at radius 2 is 2.12 bits per heavy atom. The van der Waals surface area contributed by atoms with E-state index in [0.717, 1.165) is 47.6 Å². The first kappa shape index (κ1) is 18.3. The first-order chi connectivity index (χ1) is 12.8. The van der Waals surface area contributed by atoms with Crippen LogP contribution in [0.15, 0.2) is 29.4 Å². The molecule has 7 nitrogen and oxygen atoms in total. The van der Waals surface area contributed by atoms with Crippen LogP contribution in [0.2, 0.25) is 0 Å². The molecule has 0 bridgehead atoms. The fourth-order valence-electron chi connectivity index (χ4n) is 2.44. The van der Waals surface area contributed by atoms with Crippen molar-refractivity contribution in [3.05, 3.63) is 34.3 Å². The average Bonchev–Trinajstić information content (AvgIpc) is 3.32. The van der Waals surface area contributed by atoms with E-state index in [4.69, 9.17) is 14.2 Å². The first-order valence-corrected chi connectivity index (χ1v) is 9.50. The van der Waals surface area contributed by atoms with Gasteiger partial charge >= 0.3 is 0 Å². The molecule has 2 heterocycles. The van der Waals surface area contributed by atoms with Crippen LogP contribution in [0.4, 0.5) is 0 Å². The minimum atomic E-state index is 0.267. The van der Waals surface area contributed by atoms with Crippen molar-refractivity contribution in [3.8, 4) is 17.2 Å². The van der Waals surface area contributed by atoms with Crippen LogP contribution in [-0.2, 0) is 12.8 Å². The van der Waals surface area contributed by atoms with Gasteiger partial charge in [0.1, 0.15) is 12.4 Å². The summed E-state index contributed by atoms with van der Waals surface area (Å²) >= 11 is 1.77. The molecular weight excluding hydrogens is 352 g/mol. The molecule has 0 radical (unpaired) electrons. The molecule has 140 valence electrons. The van der Waals surface area contributed by atoms with Gasteiger partial charge in [-0.15, -0.1) is 11.3 Å². The number of benzene rings is 1. The van der Waals surface area contributed by atoms with Gasteiger partial charge in [-0.2, -0.15) is 0 Å². The summed E-state index contributed by atoms with van der Waals surface area (Å²) in [5.41, 5.74) is 0. The van der Waals surface area contributed by atoms with Crippen molar-refractivity contribution in [2.24, 2.45) is 4.99 Å². The lowest BCUT2D eigenvalue weighted by atomic mass is 10.3. The highest BCUT2D eigenvalue weighted by Crippen LogP contribution is 2.34.